The van der Waals surface area contributed by atoms with Crippen LogP contribution in [0.4, 0.5) is 0 Å². The van der Waals surface area contributed by atoms with Crippen LogP contribution in [0, 0.1) is 13.8 Å². The van der Waals surface area contributed by atoms with Gasteiger partial charge in [0, 0.05) is 6.54 Å². The molecule has 1 aromatic heterocycles. The summed E-state index contributed by atoms with van der Waals surface area (Å²) >= 11 is 0. The van der Waals surface area contributed by atoms with E-state index >= 15 is 0 Å². The number of nitrogens with zero attached hydrogens (tertiary/aromatic N) is 1. The number of benzene rings is 3. The SMILES string of the molecule is C=CCOc1ccc(C2c3c(oc4c(C)cc(C)cc4c3=O)C(=O)N2Cc2ccc(OC)cc2)cc1OC. The number of ether oxygens (including phenoxy) is 3. The molecule has 1 aliphatic heterocycles. The first-order chi connectivity index (χ1) is 18.4. The van der Waals surface area contributed by atoms with E-state index in [1.165, 1.54) is 0 Å². The molecule has 1 aliphatic rings. The molecule has 5 rings (SSSR count). The van der Waals surface area contributed by atoms with Crippen molar-refractivity contribution in [1.82, 2.24) is 4.90 Å². The standard InChI is InChI=1S/C31H29NO6/c1-6-13-37-24-12-9-21(16-25(24)36-5)27-26-28(33)23-15-18(2)14-19(3)29(23)38-30(26)31(34)32(27)17-20-7-10-22(35-4)11-8-20/h6-12,14-16,27H,1,13,17H2,2-5H3. The number of hydrogen-bond acceptors (Lipinski definition) is 6. The number of aryl methyl sites for hydroxylation is 2. The molecule has 1 atom stereocenters. The second-order valence-corrected chi connectivity index (χ2v) is 9.33. The highest BCUT2D eigenvalue weighted by molar-refractivity contribution is 5.99. The van der Waals surface area contributed by atoms with Crippen LogP contribution in [0.25, 0.3) is 11.0 Å². The lowest BCUT2D eigenvalue weighted by molar-refractivity contribution is 0.0714. The van der Waals surface area contributed by atoms with Crippen LogP contribution in [0.15, 0.2) is 76.5 Å². The van der Waals surface area contributed by atoms with Crippen molar-refractivity contribution in [1.29, 1.82) is 0 Å². The number of fused-ring (bicyclic) bond motifs is 2. The number of carbonyl (C=O) groups excluding carboxylic acids is 1. The van der Waals surface area contributed by atoms with Gasteiger partial charge in [-0.3, -0.25) is 9.59 Å². The third kappa shape index (κ3) is 4.30. The van der Waals surface area contributed by atoms with Gasteiger partial charge in [0.25, 0.3) is 5.91 Å². The maximum atomic E-state index is 14.0. The molecule has 0 bridgehead atoms. The molecule has 3 aromatic carbocycles. The molecule has 4 aromatic rings. The predicted molar refractivity (Wildman–Crippen MR) is 145 cm³/mol. The number of carbonyl (C=O) groups is 1. The molecule has 0 spiro atoms. The number of amides is 1. The fourth-order valence-corrected chi connectivity index (χ4v) is 5.03. The van der Waals surface area contributed by atoms with Crippen molar-refractivity contribution < 1.29 is 23.4 Å². The molecule has 7 heteroatoms. The van der Waals surface area contributed by atoms with Crippen molar-refractivity contribution in [2.24, 2.45) is 0 Å². The maximum Gasteiger partial charge on any atom is 0.291 e. The molecular weight excluding hydrogens is 482 g/mol. The first-order valence-electron chi connectivity index (χ1n) is 12.3. The average molecular weight is 512 g/mol. The molecule has 0 saturated carbocycles. The summed E-state index contributed by atoms with van der Waals surface area (Å²) in [5, 5.41) is 0.461. The van der Waals surface area contributed by atoms with Crippen molar-refractivity contribution in [3.8, 4) is 17.2 Å². The van der Waals surface area contributed by atoms with Crippen LogP contribution in [0.1, 0.15) is 44.4 Å². The Morgan fingerprint density at radius 1 is 0.974 bits per heavy atom. The first-order valence-corrected chi connectivity index (χ1v) is 12.3. The van der Waals surface area contributed by atoms with Gasteiger partial charge in [0.15, 0.2) is 16.9 Å². The summed E-state index contributed by atoms with van der Waals surface area (Å²) in [5.74, 6) is 1.48. The minimum Gasteiger partial charge on any atom is -0.497 e. The minimum absolute atomic E-state index is 0.0684. The third-order valence-corrected chi connectivity index (χ3v) is 6.77. The van der Waals surface area contributed by atoms with Crippen LogP contribution in [0.5, 0.6) is 17.2 Å². The van der Waals surface area contributed by atoms with Gasteiger partial charge in [-0.05, 0) is 66.4 Å². The van der Waals surface area contributed by atoms with Crippen LogP contribution in [0.2, 0.25) is 0 Å². The molecule has 0 radical (unpaired) electrons. The molecule has 1 unspecified atom stereocenters. The Balaban J connectivity index is 1.70. The Morgan fingerprint density at radius 2 is 1.74 bits per heavy atom. The van der Waals surface area contributed by atoms with E-state index in [-0.39, 0.29) is 23.6 Å². The Labute approximate surface area is 220 Å². The molecule has 194 valence electrons. The highest BCUT2D eigenvalue weighted by Gasteiger charge is 2.43. The van der Waals surface area contributed by atoms with Gasteiger partial charge in [-0.15, -0.1) is 0 Å². The lowest BCUT2D eigenvalue weighted by Crippen LogP contribution is -2.29. The minimum atomic E-state index is -0.677. The highest BCUT2D eigenvalue weighted by atomic mass is 16.5. The van der Waals surface area contributed by atoms with E-state index in [1.54, 1.807) is 37.3 Å². The van der Waals surface area contributed by atoms with Crippen molar-refractivity contribution in [2.75, 3.05) is 20.8 Å². The van der Waals surface area contributed by atoms with Crippen LogP contribution in [-0.4, -0.2) is 31.6 Å². The van der Waals surface area contributed by atoms with Gasteiger partial charge >= 0.3 is 0 Å². The maximum absolute atomic E-state index is 14.0. The van der Waals surface area contributed by atoms with Crippen molar-refractivity contribution in [3.05, 3.63) is 111 Å². The molecule has 0 saturated heterocycles. The molecule has 1 amide bonds. The van der Waals surface area contributed by atoms with Gasteiger partial charge in [0.05, 0.1) is 31.2 Å². The van der Waals surface area contributed by atoms with E-state index < -0.39 is 6.04 Å². The van der Waals surface area contributed by atoms with E-state index in [1.807, 2.05) is 56.3 Å². The van der Waals surface area contributed by atoms with Gasteiger partial charge < -0.3 is 23.5 Å². The van der Waals surface area contributed by atoms with Crippen LogP contribution >= 0.6 is 0 Å². The van der Waals surface area contributed by atoms with Crippen LogP contribution in [0.3, 0.4) is 0 Å². The summed E-state index contributed by atoms with van der Waals surface area (Å²) in [4.78, 5) is 29.5. The fourth-order valence-electron chi connectivity index (χ4n) is 5.03. The average Bonchev–Trinajstić information content (AvgIpc) is 3.20. The largest absolute Gasteiger partial charge is 0.497 e. The van der Waals surface area contributed by atoms with Crippen molar-refractivity contribution in [3.63, 3.8) is 0 Å². The van der Waals surface area contributed by atoms with E-state index in [9.17, 15) is 9.59 Å². The van der Waals surface area contributed by atoms with Gasteiger partial charge in [-0.25, -0.2) is 0 Å². The highest BCUT2D eigenvalue weighted by Crippen LogP contribution is 2.42. The first kappa shape index (κ1) is 25.1. The number of rotatable bonds is 8. The van der Waals surface area contributed by atoms with Crippen LogP contribution < -0.4 is 19.6 Å². The fraction of sp³-hybridized carbons (Fsp3) is 0.226. The summed E-state index contributed by atoms with van der Waals surface area (Å²) in [6.45, 7) is 8.09. The zero-order valence-corrected chi connectivity index (χ0v) is 21.9. The van der Waals surface area contributed by atoms with Gasteiger partial charge in [0.2, 0.25) is 5.76 Å². The molecule has 0 fully saturated rings. The zero-order valence-electron chi connectivity index (χ0n) is 21.9. The molecule has 0 aliphatic carbocycles. The Bertz CT molecular complexity index is 1600. The summed E-state index contributed by atoms with van der Waals surface area (Å²) in [6.07, 6.45) is 1.65. The van der Waals surface area contributed by atoms with Crippen LogP contribution in [-0.2, 0) is 6.54 Å². The number of methoxy groups -OCH3 is 2. The van der Waals surface area contributed by atoms with E-state index in [2.05, 4.69) is 6.58 Å². The summed E-state index contributed by atoms with van der Waals surface area (Å²) < 4.78 is 22.8. The normalized spacial score (nSPS) is 14.5. The van der Waals surface area contributed by atoms with E-state index in [0.717, 1.165) is 22.4 Å². The quantitative estimate of drug-likeness (QED) is 0.281. The lowest BCUT2D eigenvalue weighted by Gasteiger charge is -2.26. The molecule has 38 heavy (non-hydrogen) atoms. The lowest BCUT2D eigenvalue weighted by atomic mass is 9.96. The smallest absolute Gasteiger partial charge is 0.291 e. The monoisotopic (exact) mass is 511 g/mol. The van der Waals surface area contributed by atoms with E-state index in [4.69, 9.17) is 18.6 Å². The molecule has 0 N–H and O–H groups in total. The topological polar surface area (TPSA) is 78.2 Å². The molecule has 7 nitrogen and oxygen atoms in total. The molecule has 2 heterocycles. The Kier molecular flexibility index (Phi) is 6.68. The van der Waals surface area contributed by atoms with Crippen molar-refractivity contribution in [2.45, 2.75) is 26.4 Å². The zero-order chi connectivity index (χ0) is 27.0. The Morgan fingerprint density at radius 3 is 2.42 bits per heavy atom. The van der Waals surface area contributed by atoms with E-state index in [0.29, 0.717) is 40.2 Å². The molecular formula is C31H29NO6. The van der Waals surface area contributed by atoms with Gasteiger partial charge in [-0.2, -0.15) is 0 Å². The summed E-state index contributed by atoms with van der Waals surface area (Å²) in [5.41, 5.74) is 3.90. The predicted octanol–water partition coefficient (Wildman–Crippen LogP) is 5.74. The second-order valence-electron chi connectivity index (χ2n) is 9.33. The van der Waals surface area contributed by atoms with Gasteiger partial charge in [-0.1, -0.05) is 36.9 Å². The summed E-state index contributed by atoms with van der Waals surface area (Å²) in [6, 6.07) is 16.0. The number of hydrogen-bond donors (Lipinski definition) is 0. The van der Waals surface area contributed by atoms with Gasteiger partial charge in [0.1, 0.15) is 17.9 Å². The third-order valence-electron chi connectivity index (χ3n) is 6.77. The summed E-state index contributed by atoms with van der Waals surface area (Å²) in [7, 11) is 3.16. The second kappa shape index (κ2) is 10.1. The Hall–Kier alpha value is -4.52. The van der Waals surface area contributed by atoms with Crippen molar-refractivity contribution >= 4 is 16.9 Å².